The Labute approximate surface area is 90.0 Å². The predicted molar refractivity (Wildman–Crippen MR) is 58.7 cm³/mol. The smallest absolute Gasteiger partial charge is 0.0715 e. The summed E-state index contributed by atoms with van der Waals surface area (Å²) in [6, 6.07) is 8.50. The molecule has 0 bridgehead atoms. The highest BCUT2D eigenvalue weighted by atomic mass is 35.5. The van der Waals surface area contributed by atoms with Crippen molar-refractivity contribution in [1.82, 2.24) is 0 Å². The number of alkyl halides is 1. The van der Waals surface area contributed by atoms with Gasteiger partial charge in [0.1, 0.15) is 0 Å². The third-order valence-corrected chi connectivity index (χ3v) is 3.27. The Bertz CT molecular complexity index is 311. The average molecular weight is 211 g/mol. The Kier molecular flexibility index (Phi) is 3.09. The van der Waals surface area contributed by atoms with Crippen molar-refractivity contribution in [2.45, 2.75) is 18.9 Å². The summed E-state index contributed by atoms with van der Waals surface area (Å²) in [5.74, 6) is 2.15. The lowest BCUT2D eigenvalue weighted by atomic mass is 10.0. The molecule has 0 heterocycles. The molecule has 1 fully saturated rings. The van der Waals surface area contributed by atoms with Crippen LogP contribution in [0.1, 0.15) is 23.5 Å². The Morgan fingerprint density at radius 2 is 2.21 bits per heavy atom. The van der Waals surface area contributed by atoms with Gasteiger partial charge in [-0.3, -0.25) is 0 Å². The molecule has 1 aliphatic carbocycles. The first kappa shape index (κ1) is 10.0. The molecule has 1 aromatic carbocycles. The molecular formula is C12H15ClO. The van der Waals surface area contributed by atoms with E-state index < -0.39 is 0 Å². The minimum atomic E-state index is 0.679. The van der Waals surface area contributed by atoms with Crippen molar-refractivity contribution < 1.29 is 4.74 Å². The van der Waals surface area contributed by atoms with E-state index in [0.717, 1.165) is 5.88 Å². The van der Waals surface area contributed by atoms with Crippen LogP contribution in [-0.2, 0) is 11.3 Å². The summed E-state index contributed by atoms with van der Waals surface area (Å²) in [6.45, 7) is 0.710. The Hall–Kier alpha value is -0.530. The fourth-order valence-electron chi connectivity index (χ4n) is 1.98. The van der Waals surface area contributed by atoms with E-state index in [9.17, 15) is 0 Å². The molecule has 1 saturated carbocycles. The number of rotatable bonds is 4. The van der Waals surface area contributed by atoms with E-state index in [1.54, 1.807) is 7.11 Å². The number of hydrogen-bond acceptors (Lipinski definition) is 1. The van der Waals surface area contributed by atoms with Gasteiger partial charge in [0.2, 0.25) is 0 Å². The van der Waals surface area contributed by atoms with Crippen LogP contribution < -0.4 is 0 Å². The Morgan fingerprint density at radius 3 is 2.86 bits per heavy atom. The highest BCUT2D eigenvalue weighted by molar-refractivity contribution is 6.18. The number of ether oxygens (including phenoxy) is 1. The average Bonchev–Trinajstić information content (AvgIpc) is 2.98. The van der Waals surface area contributed by atoms with E-state index in [1.165, 1.54) is 17.5 Å². The zero-order valence-electron chi connectivity index (χ0n) is 8.37. The molecule has 76 valence electrons. The molecule has 2 heteroatoms. The van der Waals surface area contributed by atoms with Crippen LogP contribution >= 0.6 is 11.6 Å². The van der Waals surface area contributed by atoms with Gasteiger partial charge in [0, 0.05) is 13.0 Å². The van der Waals surface area contributed by atoms with Gasteiger partial charge in [0.15, 0.2) is 0 Å². The van der Waals surface area contributed by atoms with Gasteiger partial charge >= 0.3 is 0 Å². The molecule has 2 unspecified atom stereocenters. The number of hydrogen-bond donors (Lipinski definition) is 0. The minimum Gasteiger partial charge on any atom is -0.380 e. The zero-order chi connectivity index (χ0) is 9.97. The third-order valence-electron chi connectivity index (χ3n) is 2.88. The second kappa shape index (κ2) is 4.33. The largest absolute Gasteiger partial charge is 0.380 e. The van der Waals surface area contributed by atoms with E-state index in [2.05, 4.69) is 24.3 Å². The first-order chi connectivity index (χ1) is 6.86. The minimum absolute atomic E-state index is 0.679. The van der Waals surface area contributed by atoms with Crippen LogP contribution in [0, 0.1) is 5.92 Å². The Balaban J connectivity index is 2.16. The summed E-state index contributed by atoms with van der Waals surface area (Å²) in [7, 11) is 1.74. The molecule has 0 amide bonds. The second-order valence-electron chi connectivity index (χ2n) is 3.89. The number of halogens is 1. The lowest BCUT2D eigenvalue weighted by Gasteiger charge is -2.07. The van der Waals surface area contributed by atoms with E-state index >= 15 is 0 Å². The molecule has 0 aliphatic heterocycles. The van der Waals surface area contributed by atoms with Gasteiger partial charge in [-0.25, -0.2) is 0 Å². The predicted octanol–water partition coefficient (Wildman–Crippen LogP) is 3.18. The van der Waals surface area contributed by atoms with Crippen LogP contribution in [0.15, 0.2) is 24.3 Å². The lowest BCUT2D eigenvalue weighted by Crippen LogP contribution is -1.95. The molecule has 1 nitrogen and oxygen atoms in total. The van der Waals surface area contributed by atoms with Crippen LogP contribution in [0.3, 0.4) is 0 Å². The monoisotopic (exact) mass is 210 g/mol. The van der Waals surface area contributed by atoms with Gasteiger partial charge in [0.25, 0.3) is 0 Å². The van der Waals surface area contributed by atoms with Gasteiger partial charge in [-0.05, 0) is 29.4 Å². The quantitative estimate of drug-likeness (QED) is 0.694. The van der Waals surface area contributed by atoms with Crippen molar-refractivity contribution in [2.24, 2.45) is 5.92 Å². The van der Waals surface area contributed by atoms with Crippen molar-refractivity contribution in [3.63, 3.8) is 0 Å². The van der Waals surface area contributed by atoms with Crippen molar-refractivity contribution in [1.29, 1.82) is 0 Å². The first-order valence-electron chi connectivity index (χ1n) is 4.99. The normalized spacial score (nSPS) is 25.0. The molecule has 1 aromatic rings. The van der Waals surface area contributed by atoms with Gasteiger partial charge in [-0.15, -0.1) is 11.6 Å². The van der Waals surface area contributed by atoms with Crippen LogP contribution in [0.4, 0.5) is 0 Å². The zero-order valence-corrected chi connectivity index (χ0v) is 9.13. The molecule has 0 spiro atoms. The van der Waals surface area contributed by atoms with E-state index in [1.807, 2.05) is 0 Å². The number of benzene rings is 1. The fourth-order valence-corrected chi connectivity index (χ4v) is 2.32. The fraction of sp³-hybridized carbons (Fsp3) is 0.500. The second-order valence-corrected chi connectivity index (χ2v) is 4.20. The summed E-state index contributed by atoms with van der Waals surface area (Å²) in [4.78, 5) is 0. The van der Waals surface area contributed by atoms with Gasteiger partial charge in [-0.1, -0.05) is 24.3 Å². The highest BCUT2D eigenvalue weighted by Gasteiger charge is 2.38. The van der Waals surface area contributed by atoms with Crippen LogP contribution in [0.5, 0.6) is 0 Å². The molecule has 2 atom stereocenters. The van der Waals surface area contributed by atoms with E-state index in [4.69, 9.17) is 16.3 Å². The topological polar surface area (TPSA) is 9.23 Å². The maximum atomic E-state index is 5.84. The molecule has 0 aromatic heterocycles. The summed E-state index contributed by atoms with van der Waals surface area (Å²) in [5, 5.41) is 0. The summed E-state index contributed by atoms with van der Waals surface area (Å²) in [5.41, 5.74) is 2.74. The van der Waals surface area contributed by atoms with Crippen LogP contribution in [0.25, 0.3) is 0 Å². The molecular weight excluding hydrogens is 196 g/mol. The summed E-state index contributed by atoms with van der Waals surface area (Å²) < 4.78 is 5.18. The third kappa shape index (κ3) is 1.94. The SMILES string of the molecule is COCc1ccccc1C1CC1CCl. The summed E-state index contributed by atoms with van der Waals surface area (Å²) in [6.07, 6.45) is 1.24. The molecule has 0 saturated heterocycles. The van der Waals surface area contributed by atoms with Gasteiger partial charge in [0.05, 0.1) is 6.61 Å². The van der Waals surface area contributed by atoms with Gasteiger partial charge < -0.3 is 4.74 Å². The van der Waals surface area contributed by atoms with E-state index in [-0.39, 0.29) is 0 Å². The molecule has 14 heavy (non-hydrogen) atoms. The van der Waals surface area contributed by atoms with Crippen LogP contribution in [0.2, 0.25) is 0 Å². The Morgan fingerprint density at radius 1 is 1.43 bits per heavy atom. The first-order valence-corrected chi connectivity index (χ1v) is 5.53. The van der Waals surface area contributed by atoms with Crippen molar-refractivity contribution in [2.75, 3.05) is 13.0 Å². The highest BCUT2D eigenvalue weighted by Crippen LogP contribution is 2.49. The number of methoxy groups -OCH3 is 1. The van der Waals surface area contributed by atoms with Crippen molar-refractivity contribution in [3.8, 4) is 0 Å². The van der Waals surface area contributed by atoms with Crippen molar-refractivity contribution >= 4 is 11.6 Å². The van der Waals surface area contributed by atoms with Crippen LogP contribution in [-0.4, -0.2) is 13.0 Å². The lowest BCUT2D eigenvalue weighted by molar-refractivity contribution is 0.184. The van der Waals surface area contributed by atoms with Crippen molar-refractivity contribution in [3.05, 3.63) is 35.4 Å². The molecule has 2 rings (SSSR count). The van der Waals surface area contributed by atoms with Gasteiger partial charge in [-0.2, -0.15) is 0 Å². The maximum absolute atomic E-state index is 5.84. The molecule has 0 radical (unpaired) electrons. The maximum Gasteiger partial charge on any atom is 0.0715 e. The summed E-state index contributed by atoms with van der Waals surface area (Å²) >= 11 is 5.84. The van der Waals surface area contributed by atoms with E-state index in [0.29, 0.717) is 18.4 Å². The molecule has 1 aliphatic rings. The standard InChI is InChI=1S/C12H15ClO/c1-14-8-9-4-2-3-5-11(9)12-6-10(12)7-13/h2-5,10,12H,6-8H2,1H3. The molecule has 0 N–H and O–H groups in total.